The van der Waals surface area contributed by atoms with E-state index in [1.165, 1.54) is 0 Å². The van der Waals surface area contributed by atoms with Gasteiger partial charge in [-0.3, -0.25) is 9.48 Å². The fourth-order valence-corrected chi connectivity index (χ4v) is 2.08. The minimum absolute atomic E-state index is 0.127. The lowest BCUT2D eigenvalue weighted by Gasteiger charge is -2.04. The zero-order valence-corrected chi connectivity index (χ0v) is 11.9. The van der Waals surface area contributed by atoms with Crippen LogP contribution in [0.15, 0.2) is 36.5 Å². The lowest BCUT2D eigenvalue weighted by molar-refractivity contribution is -0.117. The van der Waals surface area contributed by atoms with Gasteiger partial charge in [-0.15, -0.1) is 0 Å². The number of rotatable bonds is 5. The first kappa shape index (κ1) is 13.8. The maximum Gasteiger partial charge on any atom is 0.143 e. The number of carbonyl (C=O) groups excluding carboxylic acids is 1. The molecule has 3 nitrogen and oxygen atoms in total. The number of nitrogens with zero attached hydrogens (tertiary/aromatic N) is 2. The number of hydrogen-bond acceptors (Lipinski definition) is 2. The molecule has 0 spiro atoms. The SMILES string of the molecule is CC(C)n1ccc(CC(=O)Cc2ccccc2Cl)n1. The van der Waals surface area contributed by atoms with E-state index in [2.05, 4.69) is 18.9 Å². The quantitative estimate of drug-likeness (QED) is 0.838. The molecule has 4 heteroatoms. The first-order valence-electron chi connectivity index (χ1n) is 6.35. The van der Waals surface area contributed by atoms with Crippen molar-refractivity contribution in [3.05, 3.63) is 52.8 Å². The Kier molecular flexibility index (Phi) is 4.38. The molecule has 1 aromatic carbocycles. The lowest BCUT2D eigenvalue weighted by atomic mass is 10.1. The first-order chi connectivity index (χ1) is 9.06. The van der Waals surface area contributed by atoms with Gasteiger partial charge in [-0.25, -0.2) is 0 Å². The molecule has 1 heterocycles. The first-order valence-corrected chi connectivity index (χ1v) is 6.73. The molecule has 0 saturated carbocycles. The predicted molar refractivity (Wildman–Crippen MR) is 76.5 cm³/mol. The van der Waals surface area contributed by atoms with E-state index in [1.807, 2.05) is 35.1 Å². The van der Waals surface area contributed by atoms with E-state index < -0.39 is 0 Å². The highest BCUT2D eigenvalue weighted by molar-refractivity contribution is 6.31. The standard InChI is InChI=1S/C15H17ClN2O/c1-11(2)18-8-7-13(17-18)10-14(19)9-12-5-3-4-6-15(12)16/h3-8,11H,9-10H2,1-2H3. The Balaban J connectivity index is 1.99. The van der Waals surface area contributed by atoms with E-state index in [9.17, 15) is 4.79 Å². The average molecular weight is 277 g/mol. The topological polar surface area (TPSA) is 34.9 Å². The summed E-state index contributed by atoms with van der Waals surface area (Å²) >= 11 is 6.05. The van der Waals surface area contributed by atoms with Gasteiger partial charge >= 0.3 is 0 Å². The molecule has 1 aromatic heterocycles. The van der Waals surface area contributed by atoms with Gasteiger partial charge in [-0.1, -0.05) is 29.8 Å². The predicted octanol–water partition coefficient (Wildman–Crippen LogP) is 3.47. The fraction of sp³-hybridized carbons (Fsp3) is 0.333. The Morgan fingerprint density at radius 2 is 2.00 bits per heavy atom. The van der Waals surface area contributed by atoms with Gasteiger partial charge in [0.2, 0.25) is 0 Å². The van der Waals surface area contributed by atoms with Gasteiger partial charge in [0.05, 0.1) is 12.1 Å². The molecular formula is C15H17ClN2O. The number of Topliss-reactive ketones (excluding diaryl/α,β-unsaturated/α-hetero) is 1. The second-order valence-electron chi connectivity index (χ2n) is 4.86. The minimum atomic E-state index is 0.127. The van der Waals surface area contributed by atoms with Crippen LogP contribution >= 0.6 is 11.6 Å². The number of halogens is 1. The number of benzene rings is 1. The maximum absolute atomic E-state index is 12.0. The van der Waals surface area contributed by atoms with Crippen LogP contribution in [-0.2, 0) is 17.6 Å². The second-order valence-corrected chi connectivity index (χ2v) is 5.27. The highest BCUT2D eigenvalue weighted by Gasteiger charge is 2.10. The zero-order valence-electron chi connectivity index (χ0n) is 11.1. The van der Waals surface area contributed by atoms with E-state index >= 15 is 0 Å². The third-order valence-corrected chi connectivity index (χ3v) is 3.29. The van der Waals surface area contributed by atoms with Crippen molar-refractivity contribution in [2.45, 2.75) is 32.7 Å². The molecule has 0 N–H and O–H groups in total. The van der Waals surface area contributed by atoms with Gasteiger partial charge in [0.1, 0.15) is 5.78 Å². The number of hydrogen-bond donors (Lipinski definition) is 0. The molecule has 0 fully saturated rings. The van der Waals surface area contributed by atoms with Gasteiger partial charge in [-0.05, 0) is 31.5 Å². The average Bonchev–Trinajstić information content (AvgIpc) is 2.80. The third kappa shape index (κ3) is 3.67. The van der Waals surface area contributed by atoms with Crippen LogP contribution in [0.2, 0.25) is 5.02 Å². The van der Waals surface area contributed by atoms with Crippen LogP contribution in [-0.4, -0.2) is 15.6 Å². The van der Waals surface area contributed by atoms with Crippen molar-refractivity contribution in [1.82, 2.24) is 9.78 Å². The van der Waals surface area contributed by atoms with Crippen LogP contribution in [0.1, 0.15) is 31.1 Å². The molecule has 0 aliphatic carbocycles. The Morgan fingerprint density at radius 3 is 2.63 bits per heavy atom. The number of aromatic nitrogens is 2. The Bertz CT molecular complexity index is 575. The molecule has 0 amide bonds. The summed E-state index contributed by atoms with van der Waals surface area (Å²) in [6.45, 7) is 4.12. The van der Waals surface area contributed by atoms with Gasteiger partial charge in [0.15, 0.2) is 0 Å². The Hall–Kier alpha value is -1.61. The van der Waals surface area contributed by atoms with Crippen LogP contribution in [0, 0.1) is 0 Å². The van der Waals surface area contributed by atoms with Crippen molar-refractivity contribution in [3.8, 4) is 0 Å². The molecule has 19 heavy (non-hydrogen) atoms. The molecule has 0 aliphatic heterocycles. The maximum atomic E-state index is 12.0. The molecule has 2 rings (SSSR count). The highest BCUT2D eigenvalue weighted by Crippen LogP contribution is 2.16. The molecule has 0 radical (unpaired) electrons. The molecule has 0 bridgehead atoms. The van der Waals surface area contributed by atoms with E-state index in [4.69, 9.17) is 11.6 Å². The number of ketones is 1. The summed E-state index contributed by atoms with van der Waals surface area (Å²) < 4.78 is 1.86. The van der Waals surface area contributed by atoms with Crippen LogP contribution in [0.5, 0.6) is 0 Å². The smallest absolute Gasteiger partial charge is 0.143 e. The van der Waals surface area contributed by atoms with E-state index in [1.54, 1.807) is 6.07 Å². The van der Waals surface area contributed by atoms with Gasteiger partial charge < -0.3 is 0 Å². The van der Waals surface area contributed by atoms with Crippen molar-refractivity contribution in [1.29, 1.82) is 0 Å². The van der Waals surface area contributed by atoms with Crippen molar-refractivity contribution in [3.63, 3.8) is 0 Å². The zero-order chi connectivity index (χ0) is 13.8. The van der Waals surface area contributed by atoms with Crippen LogP contribution < -0.4 is 0 Å². The second kappa shape index (κ2) is 6.02. The Morgan fingerprint density at radius 1 is 1.26 bits per heavy atom. The number of carbonyl (C=O) groups is 1. The van der Waals surface area contributed by atoms with Crippen molar-refractivity contribution in [2.75, 3.05) is 0 Å². The van der Waals surface area contributed by atoms with E-state index in [-0.39, 0.29) is 5.78 Å². The summed E-state index contributed by atoms with van der Waals surface area (Å²) in [4.78, 5) is 12.0. The monoisotopic (exact) mass is 276 g/mol. The van der Waals surface area contributed by atoms with Crippen molar-refractivity contribution < 1.29 is 4.79 Å². The molecule has 0 saturated heterocycles. The summed E-state index contributed by atoms with van der Waals surface area (Å²) in [6.07, 6.45) is 2.61. The normalized spacial score (nSPS) is 10.9. The summed E-state index contributed by atoms with van der Waals surface area (Å²) in [5.41, 5.74) is 1.68. The van der Waals surface area contributed by atoms with E-state index in [0.717, 1.165) is 11.3 Å². The molecule has 0 aliphatic rings. The third-order valence-electron chi connectivity index (χ3n) is 2.92. The van der Waals surface area contributed by atoms with Gasteiger partial charge in [0, 0.05) is 23.7 Å². The minimum Gasteiger partial charge on any atom is -0.299 e. The van der Waals surface area contributed by atoms with Crippen LogP contribution in [0.4, 0.5) is 0 Å². The summed E-state index contributed by atoms with van der Waals surface area (Å²) in [5, 5.41) is 5.02. The fourth-order valence-electron chi connectivity index (χ4n) is 1.88. The van der Waals surface area contributed by atoms with E-state index in [0.29, 0.717) is 23.9 Å². The van der Waals surface area contributed by atoms with Crippen molar-refractivity contribution in [2.24, 2.45) is 0 Å². The van der Waals surface area contributed by atoms with Gasteiger partial charge in [-0.2, -0.15) is 5.10 Å². The molecule has 0 atom stereocenters. The highest BCUT2D eigenvalue weighted by atomic mass is 35.5. The van der Waals surface area contributed by atoms with Crippen LogP contribution in [0.3, 0.4) is 0 Å². The summed E-state index contributed by atoms with van der Waals surface area (Å²) in [6, 6.07) is 9.64. The largest absolute Gasteiger partial charge is 0.299 e. The molecule has 2 aromatic rings. The Labute approximate surface area is 118 Å². The van der Waals surface area contributed by atoms with Crippen LogP contribution in [0.25, 0.3) is 0 Å². The molecule has 100 valence electrons. The lowest BCUT2D eigenvalue weighted by Crippen LogP contribution is -2.09. The summed E-state index contributed by atoms with van der Waals surface area (Å²) in [7, 11) is 0. The van der Waals surface area contributed by atoms with Gasteiger partial charge in [0.25, 0.3) is 0 Å². The molecular weight excluding hydrogens is 260 g/mol. The molecule has 0 unspecified atom stereocenters. The summed E-state index contributed by atoms with van der Waals surface area (Å²) in [5.74, 6) is 0.127. The van der Waals surface area contributed by atoms with Crippen molar-refractivity contribution >= 4 is 17.4 Å².